The van der Waals surface area contributed by atoms with Gasteiger partial charge >= 0.3 is 0 Å². The van der Waals surface area contributed by atoms with Crippen molar-refractivity contribution in [2.45, 2.75) is 31.7 Å². The summed E-state index contributed by atoms with van der Waals surface area (Å²) in [6.45, 7) is 4.64. The van der Waals surface area contributed by atoms with Gasteiger partial charge in [0.25, 0.3) is 0 Å². The van der Waals surface area contributed by atoms with Crippen LogP contribution in [0.5, 0.6) is 0 Å². The summed E-state index contributed by atoms with van der Waals surface area (Å²) < 4.78 is 0. The fraction of sp³-hybridized carbons (Fsp3) is 0.867. The zero-order chi connectivity index (χ0) is 14.8. The highest BCUT2D eigenvalue weighted by molar-refractivity contribution is 5.90. The Labute approximate surface area is 125 Å². The number of hydrogen-bond donors (Lipinski definition) is 1. The topological polar surface area (TPSA) is 64.1 Å². The standard InChI is InChI=1S/C15H25N3O3/c19-11-10-16-6-8-17(9-7-16)15(21)13-2-1-5-18(13)14(20)12-3-4-12/h12-13,19H,1-11H2. The Morgan fingerprint density at radius 1 is 0.952 bits per heavy atom. The molecular weight excluding hydrogens is 270 g/mol. The fourth-order valence-corrected chi connectivity index (χ4v) is 3.40. The quantitative estimate of drug-likeness (QED) is 0.761. The van der Waals surface area contributed by atoms with Gasteiger partial charge < -0.3 is 14.9 Å². The van der Waals surface area contributed by atoms with Crippen LogP contribution >= 0.6 is 0 Å². The molecule has 21 heavy (non-hydrogen) atoms. The molecule has 2 aliphatic heterocycles. The first-order valence-electron chi connectivity index (χ1n) is 8.13. The minimum absolute atomic E-state index is 0.130. The third kappa shape index (κ3) is 3.21. The summed E-state index contributed by atoms with van der Waals surface area (Å²) in [4.78, 5) is 30.9. The van der Waals surface area contributed by atoms with Crippen LogP contribution in [0.3, 0.4) is 0 Å². The van der Waals surface area contributed by atoms with Crippen molar-refractivity contribution < 1.29 is 14.7 Å². The molecule has 3 fully saturated rings. The van der Waals surface area contributed by atoms with E-state index in [1.54, 1.807) is 0 Å². The Kier molecular flexibility index (Phi) is 4.45. The molecule has 3 aliphatic rings. The predicted molar refractivity (Wildman–Crippen MR) is 77.6 cm³/mol. The Bertz CT molecular complexity index is 403. The maximum absolute atomic E-state index is 12.7. The van der Waals surface area contributed by atoms with E-state index < -0.39 is 0 Å². The molecule has 1 unspecified atom stereocenters. The van der Waals surface area contributed by atoms with Gasteiger partial charge in [0.05, 0.1) is 6.61 Å². The summed E-state index contributed by atoms with van der Waals surface area (Å²) >= 11 is 0. The van der Waals surface area contributed by atoms with Crippen LogP contribution in [0.2, 0.25) is 0 Å². The first-order valence-corrected chi connectivity index (χ1v) is 8.13. The van der Waals surface area contributed by atoms with E-state index in [-0.39, 0.29) is 30.4 Å². The van der Waals surface area contributed by atoms with E-state index >= 15 is 0 Å². The van der Waals surface area contributed by atoms with Gasteiger partial charge in [-0.25, -0.2) is 0 Å². The summed E-state index contributed by atoms with van der Waals surface area (Å²) in [5.41, 5.74) is 0. The molecule has 0 aromatic rings. The zero-order valence-corrected chi connectivity index (χ0v) is 12.5. The lowest BCUT2D eigenvalue weighted by molar-refractivity contribution is -0.145. The summed E-state index contributed by atoms with van der Waals surface area (Å²) in [6, 6.07) is -0.220. The lowest BCUT2D eigenvalue weighted by Gasteiger charge is -2.37. The second kappa shape index (κ2) is 6.32. The molecule has 2 amide bonds. The van der Waals surface area contributed by atoms with Crippen molar-refractivity contribution in [2.24, 2.45) is 5.92 Å². The number of aliphatic hydroxyl groups excluding tert-OH is 1. The lowest BCUT2D eigenvalue weighted by Crippen LogP contribution is -2.54. The first kappa shape index (κ1) is 14.8. The van der Waals surface area contributed by atoms with Gasteiger partial charge in [-0.05, 0) is 25.7 Å². The van der Waals surface area contributed by atoms with Gasteiger partial charge in [0.2, 0.25) is 11.8 Å². The molecule has 3 rings (SSSR count). The van der Waals surface area contributed by atoms with E-state index in [1.165, 1.54) is 0 Å². The van der Waals surface area contributed by atoms with Crippen molar-refractivity contribution in [3.8, 4) is 0 Å². The van der Waals surface area contributed by atoms with E-state index in [2.05, 4.69) is 4.90 Å². The van der Waals surface area contributed by atoms with E-state index in [0.29, 0.717) is 19.6 Å². The molecule has 118 valence electrons. The normalized spacial score (nSPS) is 27.2. The highest BCUT2D eigenvalue weighted by Crippen LogP contribution is 2.34. The molecule has 0 spiro atoms. The SMILES string of the molecule is O=C(C1CCCN1C(=O)C1CC1)N1CCN(CCO)CC1. The molecule has 6 nitrogen and oxygen atoms in total. The average molecular weight is 295 g/mol. The second-order valence-corrected chi connectivity index (χ2v) is 6.35. The molecule has 0 aromatic carbocycles. The van der Waals surface area contributed by atoms with Gasteiger partial charge in [-0.3, -0.25) is 14.5 Å². The van der Waals surface area contributed by atoms with Crippen molar-refractivity contribution in [1.29, 1.82) is 0 Å². The molecule has 1 N–H and O–H groups in total. The van der Waals surface area contributed by atoms with Gasteiger partial charge in [0.15, 0.2) is 0 Å². The van der Waals surface area contributed by atoms with E-state index in [1.807, 2.05) is 9.80 Å². The van der Waals surface area contributed by atoms with E-state index in [9.17, 15) is 9.59 Å². The first-order chi connectivity index (χ1) is 10.2. The van der Waals surface area contributed by atoms with Crippen LogP contribution in [0.25, 0.3) is 0 Å². The van der Waals surface area contributed by atoms with Crippen molar-refractivity contribution >= 4 is 11.8 Å². The van der Waals surface area contributed by atoms with Crippen LogP contribution in [-0.2, 0) is 9.59 Å². The summed E-state index contributed by atoms with van der Waals surface area (Å²) in [5.74, 6) is 0.523. The van der Waals surface area contributed by atoms with Crippen molar-refractivity contribution in [3.63, 3.8) is 0 Å². The number of amides is 2. The van der Waals surface area contributed by atoms with Crippen LogP contribution in [-0.4, -0.2) is 83.5 Å². The molecule has 0 aromatic heterocycles. The van der Waals surface area contributed by atoms with Gasteiger partial charge in [0, 0.05) is 45.2 Å². The molecule has 6 heteroatoms. The third-order valence-electron chi connectivity index (χ3n) is 4.85. The third-order valence-corrected chi connectivity index (χ3v) is 4.85. The summed E-state index contributed by atoms with van der Waals surface area (Å²) in [5, 5.41) is 8.95. The summed E-state index contributed by atoms with van der Waals surface area (Å²) in [7, 11) is 0. The average Bonchev–Trinajstić information content (AvgIpc) is 3.24. The van der Waals surface area contributed by atoms with Crippen LogP contribution in [0.1, 0.15) is 25.7 Å². The van der Waals surface area contributed by atoms with Gasteiger partial charge in [0.1, 0.15) is 6.04 Å². The number of carbonyl (C=O) groups excluding carboxylic acids is 2. The number of rotatable bonds is 4. The minimum atomic E-state index is -0.220. The highest BCUT2D eigenvalue weighted by Gasteiger charge is 2.42. The number of β-amino-alcohol motifs (C(OH)–C–C–N with tert-alkyl or cyclic N) is 1. The van der Waals surface area contributed by atoms with Gasteiger partial charge in [-0.2, -0.15) is 0 Å². The monoisotopic (exact) mass is 295 g/mol. The molecule has 0 radical (unpaired) electrons. The Balaban J connectivity index is 1.56. The van der Waals surface area contributed by atoms with Crippen LogP contribution in [0.15, 0.2) is 0 Å². The summed E-state index contributed by atoms with van der Waals surface area (Å²) in [6.07, 6.45) is 3.75. The second-order valence-electron chi connectivity index (χ2n) is 6.35. The number of piperazine rings is 1. The van der Waals surface area contributed by atoms with Crippen molar-refractivity contribution in [3.05, 3.63) is 0 Å². The fourth-order valence-electron chi connectivity index (χ4n) is 3.40. The molecule has 1 aliphatic carbocycles. The van der Waals surface area contributed by atoms with E-state index in [4.69, 9.17) is 5.11 Å². The Morgan fingerprint density at radius 2 is 1.67 bits per heavy atom. The number of likely N-dealkylation sites (tertiary alicyclic amines) is 1. The number of hydrogen-bond acceptors (Lipinski definition) is 4. The van der Waals surface area contributed by atoms with Crippen LogP contribution in [0, 0.1) is 5.92 Å². The molecule has 1 saturated carbocycles. The van der Waals surface area contributed by atoms with Gasteiger partial charge in [-0.1, -0.05) is 0 Å². The highest BCUT2D eigenvalue weighted by atomic mass is 16.3. The predicted octanol–water partition coefficient (Wildman–Crippen LogP) is -0.476. The molecule has 1 atom stereocenters. The van der Waals surface area contributed by atoms with Gasteiger partial charge in [-0.15, -0.1) is 0 Å². The minimum Gasteiger partial charge on any atom is -0.395 e. The van der Waals surface area contributed by atoms with Crippen molar-refractivity contribution in [2.75, 3.05) is 45.9 Å². The molecular formula is C15H25N3O3. The smallest absolute Gasteiger partial charge is 0.245 e. The number of nitrogens with zero attached hydrogens (tertiary/aromatic N) is 3. The number of aliphatic hydroxyl groups is 1. The lowest BCUT2D eigenvalue weighted by atomic mass is 10.1. The Hall–Kier alpha value is -1.14. The Morgan fingerprint density at radius 3 is 2.29 bits per heavy atom. The van der Waals surface area contributed by atoms with Crippen molar-refractivity contribution in [1.82, 2.24) is 14.7 Å². The van der Waals surface area contributed by atoms with Crippen LogP contribution < -0.4 is 0 Å². The molecule has 0 bridgehead atoms. The maximum Gasteiger partial charge on any atom is 0.245 e. The largest absolute Gasteiger partial charge is 0.395 e. The number of carbonyl (C=O) groups is 2. The molecule has 2 saturated heterocycles. The van der Waals surface area contributed by atoms with Crippen LogP contribution in [0.4, 0.5) is 0 Å². The van der Waals surface area contributed by atoms with E-state index in [0.717, 1.165) is 45.3 Å². The zero-order valence-electron chi connectivity index (χ0n) is 12.5. The maximum atomic E-state index is 12.7. The molecule has 2 heterocycles.